The van der Waals surface area contributed by atoms with Crippen LogP contribution < -0.4 is 11.5 Å². The van der Waals surface area contributed by atoms with Crippen molar-refractivity contribution in [3.05, 3.63) is 0 Å². The number of carboxylic acids is 8. The number of hydrogen-bond donors (Lipinski definition) is 10. The lowest BCUT2D eigenvalue weighted by atomic mass is 9.95. The van der Waals surface area contributed by atoms with Crippen molar-refractivity contribution >= 4 is 53.7 Å². The van der Waals surface area contributed by atoms with Gasteiger partial charge in [0.15, 0.2) is 0 Å². The third kappa shape index (κ3) is 63.3. The number of carbonyl (C=O) groups is 9. The van der Waals surface area contributed by atoms with Gasteiger partial charge in [0, 0.05) is 40.8 Å². The van der Waals surface area contributed by atoms with Crippen LogP contribution in [0, 0.1) is 0 Å². The molecule has 0 amide bonds. The van der Waals surface area contributed by atoms with Gasteiger partial charge in [0.1, 0.15) is 0 Å². The monoisotopic (exact) mass is 564 g/mol. The van der Waals surface area contributed by atoms with E-state index in [1.165, 1.54) is 0 Å². The number of carboxylic acid groups (broad SMARTS) is 8. The Kier molecular flexibility index (Phi) is 34.7. The van der Waals surface area contributed by atoms with Crippen LogP contribution >= 0.6 is 0 Å². The largest absolute Gasteiger partial charge is 0.481 e. The van der Waals surface area contributed by atoms with Gasteiger partial charge in [-0.05, 0) is 0 Å². The van der Waals surface area contributed by atoms with Crippen molar-refractivity contribution in [3.63, 3.8) is 0 Å². The summed E-state index contributed by atoms with van der Waals surface area (Å²) in [5.74, 6) is -13.2. The average Bonchev–Trinajstić information content (AvgIpc) is 2.65. The first-order valence-electron chi connectivity index (χ1n) is 9.26. The molecule has 0 fully saturated rings. The molecule has 0 unspecified atom stereocenters. The fourth-order valence-corrected chi connectivity index (χ4v) is 1.04. The van der Waals surface area contributed by atoms with Crippen LogP contribution in [0.1, 0.15) is 40.5 Å². The third-order valence-electron chi connectivity index (χ3n) is 1.89. The number of ether oxygens (including phenoxy) is 1. The second-order valence-corrected chi connectivity index (χ2v) is 5.79. The predicted molar refractivity (Wildman–Crippen MR) is 120 cm³/mol. The topological polar surface area (TPSA) is 377 Å². The number of nitrogens with two attached hydrogens (primary N) is 2. The molecule has 0 radical (unpaired) electrons. The molecule has 0 aliphatic carbocycles. The molecule has 0 aliphatic heterocycles. The lowest BCUT2D eigenvalue weighted by Gasteiger charge is -2.25. The summed E-state index contributed by atoms with van der Waals surface area (Å²) < 4.78 is 3.98. The molecule has 0 aliphatic rings. The lowest BCUT2D eigenvalue weighted by molar-refractivity contribution is -0.190. The van der Waals surface area contributed by atoms with Crippen LogP contribution in [0.3, 0.4) is 0 Å². The summed E-state index contributed by atoms with van der Waals surface area (Å²) >= 11 is 0. The summed E-state index contributed by atoms with van der Waals surface area (Å²) in [5.41, 5.74) is 6.84. The molecule has 0 aromatic rings. The number of carbonyl (C=O) groups excluding carboxylic acids is 1. The molecule has 222 valence electrons. The number of hydrogen-bond acceptors (Lipinski definition) is 12. The van der Waals surface area contributed by atoms with Crippen molar-refractivity contribution in [1.29, 1.82) is 0 Å². The van der Waals surface area contributed by atoms with Crippen LogP contribution in [-0.4, -0.2) is 113 Å². The van der Waals surface area contributed by atoms with E-state index >= 15 is 0 Å². The van der Waals surface area contributed by atoms with E-state index in [2.05, 4.69) is 4.74 Å². The van der Waals surface area contributed by atoms with Crippen LogP contribution in [0.15, 0.2) is 0 Å². The van der Waals surface area contributed by atoms with Gasteiger partial charge in [0.2, 0.25) is 5.60 Å². The molecule has 0 saturated carbocycles. The van der Waals surface area contributed by atoms with Gasteiger partial charge in [-0.2, -0.15) is 0 Å². The zero-order valence-corrected chi connectivity index (χ0v) is 20.6. The van der Waals surface area contributed by atoms with Crippen LogP contribution in [0.4, 0.5) is 0 Å². The molecule has 0 atom stereocenters. The molecule has 12 N–H and O–H groups in total. The Morgan fingerprint density at radius 3 is 0.868 bits per heavy atom. The molecular weight excluding hydrogens is 532 g/mol. The molecule has 0 aromatic heterocycles. The highest BCUT2D eigenvalue weighted by Crippen LogP contribution is 2.22. The SMILES string of the molecule is CC(=O)O.CC(=O)O.CC(=O)O.CC(=O)O.NCCN.O=C(O)CC(CC(=O)O)(OC(=O)C(=O)O)C(=O)O. The second-order valence-electron chi connectivity index (χ2n) is 5.79. The van der Waals surface area contributed by atoms with E-state index < -0.39 is 72.2 Å². The van der Waals surface area contributed by atoms with Crippen molar-refractivity contribution in [3.8, 4) is 0 Å². The van der Waals surface area contributed by atoms with Crippen molar-refractivity contribution < 1.29 is 88.7 Å². The molecule has 0 spiro atoms. The van der Waals surface area contributed by atoms with Gasteiger partial charge in [-0.15, -0.1) is 0 Å². The van der Waals surface area contributed by atoms with Crippen molar-refractivity contribution in [2.75, 3.05) is 13.1 Å². The van der Waals surface area contributed by atoms with Crippen LogP contribution in [0.25, 0.3) is 0 Å². The first-order valence-corrected chi connectivity index (χ1v) is 9.26. The van der Waals surface area contributed by atoms with E-state index in [-0.39, 0.29) is 0 Å². The molecule has 0 bridgehead atoms. The summed E-state index contributed by atoms with van der Waals surface area (Å²) in [6.45, 7) is 5.53. The van der Waals surface area contributed by atoms with E-state index in [1.807, 2.05) is 0 Å². The molecule has 0 rings (SSSR count). The zero-order chi connectivity index (χ0) is 32.2. The second kappa shape index (κ2) is 28.4. The quantitative estimate of drug-likeness (QED) is 0.114. The zero-order valence-electron chi connectivity index (χ0n) is 20.6. The van der Waals surface area contributed by atoms with Crippen molar-refractivity contribution in [2.45, 2.75) is 46.1 Å². The highest BCUT2D eigenvalue weighted by Gasteiger charge is 2.48. The van der Waals surface area contributed by atoms with E-state index in [1.54, 1.807) is 0 Å². The lowest BCUT2D eigenvalue weighted by Crippen LogP contribution is -2.48. The maximum atomic E-state index is 10.9. The molecule has 20 nitrogen and oxygen atoms in total. The first-order chi connectivity index (χ1) is 16.9. The number of aliphatic carboxylic acids is 8. The maximum Gasteiger partial charge on any atom is 0.418 e. The van der Waals surface area contributed by atoms with Crippen LogP contribution in [0.5, 0.6) is 0 Å². The Morgan fingerprint density at radius 1 is 0.553 bits per heavy atom. The first kappa shape index (κ1) is 46.5. The minimum atomic E-state index is -2.97. The Bertz CT molecular complexity index is 710. The highest BCUT2D eigenvalue weighted by atomic mass is 16.6. The summed E-state index contributed by atoms with van der Waals surface area (Å²) in [7, 11) is 0. The standard InChI is InChI=1S/C8H8O10.C2H8N2.4C2H4O2/c9-3(10)1-8(7(16)17,2-4(11)12)18-6(15)5(13)14;3-1-2-4;4*1-2(3)4/h1-2H2,(H,9,10)(H,11,12)(H,13,14)(H,16,17);1-4H2;4*1H3,(H,3,4). The Balaban J connectivity index is -0.000000103. The van der Waals surface area contributed by atoms with E-state index in [4.69, 9.17) is 71.5 Å². The Hall–Kier alpha value is -4.85. The Morgan fingerprint density at radius 2 is 0.763 bits per heavy atom. The molecule has 38 heavy (non-hydrogen) atoms. The van der Waals surface area contributed by atoms with Gasteiger partial charge in [-0.25, -0.2) is 14.4 Å². The minimum Gasteiger partial charge on any atom is -0.481 e. The molecule has 20 heteroatoms. The van der Waals surface area contributed by atoms with Gasteiger partial charge in [-0.1, -0.05) is 0 Å². The summed E-state index contributed by atoms with van der Waals surface area (Å²) in [5, 5.41) is 63.6. The van der Waals surface area contributed by atoms with Crippen LogP contribution in [0.2, 0.25) is 0 Å². The van der Waals surface area contributed by atoms with Gasteiger partial charge in [0.05, 0.1) is 12.8 Å². The highest BCUT2D eigenvalue weighted by molar-refractivity contribution is 6.29. The van der Waals surface area contributed by atoms with Crippen molar-refractivity contribution in [2.24, 2.45) is 11.5 Å². The van der Waals surface area contributed by atoms with Gasteiger partial charge in [0.25, 0.3) is 23.9 Å². The van der Waals surface area contributed by atoms with Gasteiger partial charge < -0.3 is 57.1 Å². The third-order valence-corrected chi connectivity index (χ3v) is 1.89. The molecular formula is C18H32N2O18. The predicted octanol–water partition coefficient (Wildman–Crippen LogP) is -2.35. The molecule has 0 aromatic carbocycles. The number of esters is 1. The molecule has 0 saturated heterocycles. The molecule has 0 heterocycles. The summed E-state index contributed by atoms with van der Waals surface area (Å²) in [4.78, 5) is 88.7. The Labute approximate surface area is 214 Å². The van der Waals surface area contributed by atoms with E-state index in [9.17, 15) is 24.0 Å². The van der Waals surface area contributed by atoms with Gasteiger partial charge >= 0.3 is 29.8 Å². The average molecular weight is 564 g/mol. The fourth-order valence-electron chi connectivity index (χ4n) is 1.04. The van der Waals surface area contributed by atoms with Crippen molar-refractivity contribution in [1.82, 2.24) is 0 Å². The summed E-state index contributed by atoms with van der Waals surface area (Å²) in [6, 6.07) is 0. The summed E-state index contributed by atoms with van der Waals surface area (Å²) in [6.07, 6.45) is -2.76. The number of rotatable bonds is 7. The normalized spacial score (nSPS) is 8.37. The van der Waals surface area contributed by atoms with E-state index in [0.717, 1.165) is 27.7 Å². The fraction of sp³-hybridized carbons (Fsp3) is 0.500. The van der Waals surface area contributed by atoms with Crippen LogP contribution in [-0.2, 0) is 47.9 Å². The van der Waals surface area contributed by atoms with E-state index in [0.29, 0.717) is 13.1 Å². The smallest absolute Gasteiger partial charge is 0.418 e. The van der Waals surface area contributed by atoms with Gasteiger partial charge in [-0.3, -0.25) is 28.8 Å². The maximum absolute atomic E-state index is 10.9. The minimum absolute atomic E-state index is 0.597.